The molecule has 0 saturated carbocycles. The average molecular weight is 186 g/mol. The van der Waals surface area contributed by atoms with Gasteiger partial charge in [0.2, 0.25) is 0 Å². The first-order valence-electron chi connectivity index (χ1n) is 5.55. The van der Waals surface area contributed by atoms with Gasteiger partial charge in [0.1, 0.15) is 0 Å². The van der Waals surface area contributed by atoms with Crippen LogP contribution in [0.15, 0.2) is 0 Å². The van der Waals surface area contributed by atoms with E-state index in [1.807, 2.05) is 0 Å². The molecule has 0 bridgehead atoms. The van der Waals surface area contributed by atoms with Gasteiger partial charge in [-0.1, -0.05) is 34.1 Å². The van der Waals surface area contributed by atoms with Gasteiger partial charge in [-0.15, -0.1) is 0 Å². The summed E-state index contributed by atoms with van der Waals surface area (Å²) >= 11 is 0. The fourth-order valence-corrected chi connectivity index (χ4v) is 1.56. The molecule has 2 heteroatoms. The Morgan fingerprint density at radius 1 is 1.23 bits per heavy atom. The summed E-state index contributed by atoms with van der Waals surface area (Å²) in [4.78, 5) is 0. The van der Waals surface area contributed by atoms with Crippen LogP contribution in [0.5, 0.6) is 0 Å². The molecule has 0 spiro atoms. The van der Waals surface area contributed by atoms with E-state index in [1.54, 1.807) is 0 Å². The lowest BCUT2D eigenvalue weighted by Gasteiger charge is -2.24. The van der Waals surface area contributed by atoms with E-state index in [-0.39, 0.29) is 0 Å². The Morgan fingerprint density at radius 2 is 1.85 bits per heavy atom. The zero-order valence-corrected chi connectivity index (χ0v) is 9.64. The molecule has 0 heterocycles. The molecule has 2 unspecified atom stereocenters. The van der Waals surface area contributed by atoms with Gasteiger partial charge < -0.3 is 11.1 Å². The van der Waals surface area contributed by atoms with Crippen molar-refractivity contribution in [2.75, 3.05) is 13.1 Å². The van der Waals surface area contributed by atoms with Crippen molar-refractivity contribution in [2.45, 2.75) is 46.6 Å². The SMILES string of the molecule is CCCC(C)C(CN)NCC(C)C. The molecule has 0 aliphatic heterocycles. The summed E-state index contributed by atoms with van der Waals surface area (Å²) in [7, 11) is 0. The summed E-state index contributed by atoms with van der Waals surface area (Å²) in [6, 6.07) is 0.502. The second kappa shape index (κ2) is 7.34. The molecule has 0 aromatic carbocycles. The molecule has 0 amide bonds. The number of hydrogen-bond donors (Lipinski definition) is 2. The smallest absolute Gasteiger partial charge is 0.0215 e. The monoisotopic (exact) mass is 186 g/mol. The van der Waals surface area contributed by atoms with E-state index in [2.05, 4.69) is 33.0 Å². The van der Waals surface area contributed by atoms with Crippen LogP contribution >= 0.6 is 0 Å². The van der Waals surface area contributed by atoms with Gasteiger partial charge in [0.25, 0.3) is 0 Å². The van der Waals surface area contributed by atoms with E-state index in [4.69, 9.17) is 5.73 Å². The van der Waals surface area contributed by atoms with Gasteiger partial charge in [-0.05, 0) is 24.8 Å². The Balaban J connectivity index is 3.73. The second-order valence-corrected chi connectivity index (χ2v) is 4.41. The summed E-state index contributed by atoms with van der Waals surface area (Å²) in [5, 5.41) is 3.53. The van der Waals surface area contributed by atoms with Crippen LogP contribution in [0.3, 0.4) is 0 Å². The maximum absolute atomic E-state index is 5.73. The van der Waals surface area contributed by atoms with Crippen molar-refractivity contribution >= 4 is 0 Å². The zero-order chi connectivity index (χ0) is 10.3. The second-order valence-electron chi connectivity index (χ2n) is 4.41. The molecule has 0 aromatic rings. The Bertz CT molecular complexity index is 113. The van der Waals surface area contributed by atoms with E-state index in [9.17, 15) is 0 Å². The van der Waals surface area contributed by atoms with Crippen LogP contribution in [0, 0.1) is 11.8 Å². The Hall–Kier alpha value is -0.0800. The number of rotatable bonds is 7. The third-order valence-corrected chi connectivity index (χ3v) is 2.47. The first kappa shape index (κ1) is 12.9. The van der Waals surface area contributed by atoms with Crippen LogP contribution in [0.1, 0.15) is 40.5 Å². The highest BCUT2D eigenvalue weighted by atomic mass is 14.9. The first-order valence-corrected chi connectivity index (χ1v) is 5.55. The van der Waals surface area contributed by atoms with Crippen molar-refractivity contribution in [2.24, 2.45) is 17.6 Å². The maximum Gasteiger partial charge on any atom is 0.0215 e. The molecule has 0 saturated heterocycles. The van der Waals surface area contributed by atoms with Crippen LogP contribution in [-0.2, 0) is 0 Å². The largest absolute Gasteiger partial charge is 0.329 e. The summed E-state index contributed by atoms with van der Waals surface area (Å²) in [5.74, 6) is 1.41. The van der Waals surface area contributed by atoms with Crippen molar-refractivity contribution in [3.63, 3.8) is 0 Å². The summed E-state index contributed by atoms with van der Waals surface area (Å²) in [6.45, 7) is 10.8. The molecule has 80 valence electrons. The van der Waals surface area contributed by atoms with Crippen molar-refractivity contribution in [3.8, 4) is 0 Å². The fraction of sp³-hybridized carbons (Fsp3) is 1.00. The summed E-state index contributed by atoms with van der Waals surface area (Å²) in [6.07, 6.45) is 2.52. The minimum atomic E-state index is 0.502. The number of nitrogens with one attached hydrogen (secondary N) is 1. The minimum absolute atomic E-state index is 0.502. The predicted octanol–water partition coefficient (Wildman–Crippen LogP) is 2.00. The third-order valence-electron chi connectivity index (χ3n) is 2.47. The van der Waals surface area contributed by atoms with Crippen molar-refractivity contribution in [1.29, 1.82) is 0 Å². The lowest BCUT2D eigenvalue weighted by molar-refractivity contribution is 0.345. The molecule has 2 atom stereocenters. The van der Waals surface area contributed by atoms with Crippen LogP contribution < -0.4 is 11.1 Å². The number of nitrogens with two attached hydrogens (primary N) is 1. The lowest BCUT2D eigenvalue weighted by Crippen LogP contribution is -2.42. The molecule has 2 nitrogen and oxygen atoms in total. The van der Waals surface area contributed by atoms with Crippen LogP contribution in [0.2, 0.25) is 0 Å². The van der Waals surface area contributed by atoms with Crippen LogP contribution in [0.4, 0.5) is 0 Å². The average Bonchev–Trinajstić information content (AvgIpc) is 2.05. The molecule has 13 heavy (non-hydrogen) atoms. The quantitative estimate of drug-likeness (QED) is 0.638. The third kappa shape index (κ3) is 6.05. The lowest BCUT2D eigenvalue weighted by atomic mass is 9.96. The van der Waals surface area contributed by atoms with Crippen LogP contribution in [0.25, 0.3) is 0 Å². The van der Waals surface area contributed by atoms with Gasteiger partial charge >= 0.3 is 0 Å². The van der Waals surface area contributed by atoms with Crippen molar-refractivity contribution in [1.82, 2.24) is 5.32 Å². The molecule has 0 aliphatic rings. The Labute approximate surface area is 83.3 Å². The number of hydrogen-bond acceptors (Lipinski definition) is 2. The standard InChI is InChI=1S/C11H26N2/c1-5-6-10(4)11(7-12)13-8-9(2)3/h9-11,13H,5-8,12H2,1-4H3. The van der Waals surface area contributed by atoms with Gasteiger partial charge in [0.15, 0.2) is 0 Å². The van der Waals surface area contributed by atoms with Crippen molar-refractivity contribution < 1.29 is 0 Å². The molecule has 0 rings (SSSR count). The highest BCUT2D eigenvalue weighted by molar-refractivity contribution is 4.74. The van der Waals surface area contributed by atoms with Gasteiger partial charge in [-0.25, -0.2) is 0 Å². The van der Waals surface area contributed by atoms with E-state index in [0.717, 1.165) is 13.1 Å². The maximum atomic E-state index is 5.73. The highest BCUT2D eigenvalue weighted by Crippen LogP contribution is 2.09. The van der Waals surface area contributed by atoms with Gasteiger partial charge in [-0.3, -0.25) is 0 Å². The topological polar surface area (TPSA) is 38.0 Å². The molecule has 0 aromatic heterocycles. The summed E-state index contributed by atoms with van der Waals surface area (Å²) < 4.78 is 0. The van der Waals surface area contributed by atoms with Gasteiger partial charge in [0, 0.05) is 12.6 Å². The Morgan fingerprint density at radius 3 is 2.23 bits per heavy atom. The molecular weight excluding hydrogens is 160 g/mol. The van der Waals surface area contributed by atoms with E-state index in [1.165, 1.54) is 12.8 Å². The first-order chi connectivity index (χ1) is 6.11. The molecular formula is C11H26N2. The van der Waals surface area contributed by atoms with E-state index >= 15 is 0 Å². The molecule has 0 fully saturated rings. The summed E-state index contributed by atoms with van der Waals surface area (Å²) in [5.41, 5.74) is 5.73. The predicted molar refractivity (Wildman–Crippen MR) is 59.8 cm³/mol. The van der Waals surface area contributed by atoms with Crippen LogP contribution in [-0.4, -0.2) is 19.1 Å². The zero-order valence-electron chi connectivity index (χ0n) is 9.64. The van der Waals surface area contributed by atoms with Gasteiger partial charge in [-0.2, -0.15) is 0 Å². The normalized spacial score (nSPS) is 16.2. The van der Waals surface area contributed by atoms with Gasteiger partial charge in [0.05, 0.1) is 0 Å². The van der Waals surface area contributed by atoms with Crippen molar-refractivity contribution in [3.05, 3.63) is 0 Å². The van der Waals surface area contributed by atoms with E-state index < -0.39 is 0 Å². The molecule has 0 radical (unpaired) electrons. The van der Waals surface area contributed by atoms with E-state index in [0.29, 0.717) is 17.9 Å². The molecule has 3 N–H and O–H groups in total. The minimum Gasteiger partial charge on any atom is -0.329 e. The Kier molecular flexibility index (Phi) is 7.29. The highest BCUT2D eigenvalue weighted by Gasteiger charge is 2.14. The fourth-order valence-electron chi connectivity index (χ4n) is 1.56. The molecule has 0 aliphatic carbocycles.